The van der Waals surface area contributed by atoms with Gasteiger partial charge in [-0.1, -0.05) is 0 Å². The number of sulfonamides is 2. The van der Waals surface area contributed by atoms with Crippen molar-refractivity contribution in [3.8, 4) is 5.75 Å². The summed E-state index contributed by atoms with van der Waals surface area (Å²) in [5, 5.41) is 12.7. The van der Waals surface area contributed by atoms with Crippen LogP contribution in [0.15, 0.2) is 52.3 Å². The van der Waals surface area contributed by atoms with E-state index in [-0.39, 0.29) is 59.1 Å². The number of ether oxygens (including phenoxy) is 1. The van der Waals surface area contributed by atoms with Gasteiger partial charge < -0.3 is 15.2 Å². The van der Waals surface area contributed by atoms with E-state index in [1.54, 1.807) is 13.8 Å². The van der Waals surface area contributed by atoms with Gasteiger partial charge in [-0.2, -0.15) is 4.31 Å². The fourth-order valence-corrected chi connectivity index (χ4v) is 5.77. The van der Waals surface area contributed by atoms with Crippen molar-refractivity contribution in [2.45, 2.75) is 29.7 Å². The topological polar surface area (TPSA) is 142 Å². The highest BCUT2D eigenvalue weighted by Gasteiger charge is 2.28. The van der Waals surface area contributed by atoms with E-state index in [1.807, 2.05) is 0 Å². The molecule has 0 unspecified atom stereocenters. The zero-order chi connectivity index (χ0) is 23.5. The molecule has 10 nitrogen and oxygen atoms in total. The van der Waals surface area contributed by atoms with Crippen LogP contribution in [0.1, 0.15) is 24.2 Å². The van der Waals surface area contributed by atoms with Crippen LogP contribution in [0.2, 0.25) is 0 Å². The first kappa shape index (κ1) is 24.1. The van der Waals surface area contributed by atoms with E-state index >= 15 is 0 Å². The van der Waals surface area contributed by atoms with Crippen molar-refractivity contribution in [2.75, 3.05) is 31.6 Å². The molecule has 3 rings (SSSR count). The van der Waals surface area contributed by atoms with Crippen molar-refractivity contribution < 1.29 is 31.5 Å². The smallest absolute Gasteiger partial charge is 0.259 e. The lowest BCUT2D eigenvalue weighted by Gasteiger charge is -2.26. The summed E-state index contributed by atoms with van der Waals surface area (Å²) in [6.07, 6.45) is 0. The third-order valence-electron chi connectivity index (χ3n) is 4.63. The molecule has 1 saturated heterocycles. The fraction of sp³-hybridized carbons (Fsp3) is 0.350. The molecule has 0 bridgehead atoms. The molecular formula is C20H25N3O7S2. The number of amides is 1. The van der Waals surface area contributed by atoms with Gasteiger partial charge in [0, 0.05) is 24.8 Å². The number of phenols is 1. The van der Waals surface area contributed by atoms with Crippen LogP contribution in [-0.2, 0) is 24.8 Å². The molecule has 1 heterocycles. The maximum absolute atomic E-state index is 12.8. The second-order valence-electron chi connectivity index (χ2n) is 7.45. The van der Waals surface area contributed by atoms with E-state index in [0.29, 0.717) is 0 Å². The lowest BCUT2D eigenvalue weighted by atomic mass is 10.2. The fourth-order valence-electron chi connectivity index (χ4n) is 3.09. The number of nitrogens with zero attached hydrogens (tertiary/aromatic N) is 1. The predicted molar refractivity (Wildman–Crippen MR) is 118 cm³/mol. The molecular weight excluding hydrogens is 458 g/mol. The third kappa shape index (κ3) is 5.45. The highest BCUT2D eigenvalue weighted by Crippen LogP contribution is 2.25. The van der Waals surface area contributed by atoms with Crippen LogP contribution in [0, 0.1) is 0 Å². The molecule has 3 N–H and O–H groups in total. The van der Waals surface area contributed by atoms with Gasteiger partial charge in [-0.05, 0) is 56.3 Å². The van der Waals surface area contributed by atoms with E-state index < -0.39 is 26.0 Å². The summed E-state index contributed by atoms with van der Waals surface area (Å²) in [5.74, 6) is -1.12. The molecule has 2 aromatic carbocycles. The van der Waals surface area contributed by atoms with Crippen LogP contribution in [0.3, 0.4) is 0 Å². The van der Waals surface area contributed by atoms with Gasteiger partial charge in [0.25, 0.3) is 5.91 Å². The molecule has 1 aliphatic rings. The van der Waals surface area contributed by atoms with E-state index in [9.17, 15) is 26.7 Å². The van der Waals surface area contributed by atoms with Crippen molar-refractivity contribution in [1.29, 1.82) is 0 Å². The van der Waals surface area contributed by atoms with Gasteiger partial charge in [-0.3, -0.25) is 4.79 Å². The maximum atomic E-state index is 12.8. The first-order valence-electron chi connectivity index (χ1n) is 9.85. The standard InChI is InChI=1S/C20H25N3O7S2/c1-14(2)22-31(26,27)16-5-3-15(4-6-16)21-20(25)18-13-17(7-8-19(18)24)32(28,29)23-9-11-30-12-10-23/h3-8,13-14,22,24H,9-12H2,1-2H3,(H,21,25). The summed E-state index contributed by atoms with van der Waals surface area (Å²) in [5.41, 5.74) is 0.0526. The number of hydrogen-bond donors (Lipinski definition) is 3. The third-order valence-corrected chi connectivity index (χ3v) is 8.20. The van der Waals surface area contributed by atoms with Crippen molar-refractivity contribution in [3.05, 3.63) is 48.0 Å². The molecule has 0 atom stereocenters. The van der Waals surface area contributed by atoms with Gasteiger partial charge in [0.2, 0.25) is 20.0 Å². The maximum Gasteiger partial charge on any atom is 0.259 e. The summed E-state index contributed by atoms with van der Waals surface area (Å²) < 4.78 is 59.0. The Morgan fingerprint density at radius 1 is 1.00 bits per heavy atom. The molecule has 0 aromatic heterocycles. The molecule has 0 spiro atoms. The molecule has 0 radical (unpaired) electrons. The van der Waals surface area contributed by atoms with Gasteiger partial charge in [0.1, 0.15) is 5.75 Å². The Kier molecular flexibility index (Phi) is 7.20. The number of phenolic OH excluding ortho intramolecular Hbond substituents is 1. The zero-order valence-electron chi connectivity index (χ0n) is 17.6. The Morgan fingerprint density at radius 2 is 1.59 bits per heavy atom. The van der Waals surface area contributed by atoms with E-state index in [4.69, 9.17) is 4.74 Å². The van der Waals surface area contributed by atoms with Crippen LogP contribution in [-0.4, -0.2) is 64.5 Å². The van der Waals surface area contributed by atoms with Crippen molar-refractivity contribution >= 4 is 31.6 Å². The molecule has 32 heavy (non-hydrogen) atoms. The number of carbonyl (C=O) groups excluding carboxylic acids is 1. The van der Waals surface area contributed by atoms with Crippen LogP contribution >= 0.6 is 0 Å². The Bertz CT molecular complexity index is 1190. The van der Waals surface area contributed by atoms with Crippen molar-refractivity contribution in [3.63, 3.8) is 0 Å². The summed E-state index contributed by atoms with van der Waals surface area (Å²) in [7, 11) is -7.53. The summed E-state index contributed by atoms with van der Waals surface area (Å²) in [6, 6.07) is 8.69. The minimum Gasteiger partial charge on any atom is -0.507 e. The molecule has 0 aliphatic carbocycles. The van der Waals surface area contributed by atoms with Gasteiger partial charge in [-0.25, -0.2) is 21.6 Å². The number of hydrogen-bond acceptors (Lipinski definition) is 7. The van der Waals surface area contributed by atoms with E-state index in [0.717, 1.165) is 12.1 Å². The van der Waals surface area contributed by atoms with E-state index in [2.05, 4.69) is 10.0 Å². The number of nitrogens with one attached hydrogen (secondary N) is 2. The Balaban J connectivity index is 1.80. The minimum atomic E-state index is -3.85. The quantitative estimate of drug-likeness (QED) is 0.540. The average molecular weight is 484 g/mol. The SMILES string of the molecule is CC(C)NS(=O)(=O)c1ccc(NC(=O)c2cc(S(=O)(=O)N3CCOCC3)ccc2O)cc1. The number of morpholine rings is 1. The number of benzene rings is 2. The van der Waals surface area contributed by atoms with E-state index in [1.165, 1.54) is 34.6 Å². The van der Waals surface area contributed by atoms with Crippen LogP contribution in [0.5, 0.6) is 5.75 Å². The minimum absolute atomic E-state index is 0.0330. The molecule has 2 aromatic rings. The number of aromatic hydroxyl groups is 1. The first-order valence-corrected chi connectivity index (χ1v) is 12.8. The normalized spacial score (nSPS) is 15.6. The van der Waals surface area contributed by atoms with Crippen LogP contribution in [0.4, 0.5) is 5.69 Å². The highest BCUT2D eigenvalue weighted by atomic mass is 32.2. The molecule has 1 fully saturated rings. The summed E-state index contributed by atoms with van der Waals surface area (Å²) in [6.45, 7) is 4.36. The summed E-state index contributed by atoms with van der Waals surface area (Å²) >= 11 is 0. The largest absolute Gasteiger partial charge is 0.507 e. The molecule has 0 saturated carbocycles. The predicted octanol–water partition coefficient (Wildman–Crippen LogP) is 1.35. The van der Waals surface area contributed by atoms with Crippen molar-refractivity contribution in [1.82, 2.24) is 9.03 Å². The number of rotatable bonds is 7. The first-order chi connectivity index (χ1) is 15.0. The highest BCUT2D eigenvalue weighted by molar-refractivity contribution is 7.89. The van der Waals surface area contributed by atoms with Gasteiger partial charge in [0.15, 0.2) is 0 Å². The molecule has 1 aliphatic heterocycles. The van der Waals surface area contributed by atoms with Gasteiger partial charge in [-0.15, -0.1) is 0 Å². The van der Waals surface area contributed by atoms with Gasteiger partial charge >= 0.3 is 0 Å². The Labute approximate surface area is 187 Å². The molecule has 1 amide bonds. The number of carbonyl (C=O) groups is 1. The zero-order valence-corrected chi connectivity index (χ0v) is 19.2. The Morgan fingerprint density at radius 3 is 2.19 bits per heavy atom. The lowest BCUT2D eigenvalue weighted by molar-refractivity contribution is 0.0730. The molecule has 12 heteroatoms. The number of anilines is 1. The Hall–Kier alpha value is -2.51. The molecule has 174 valence electrons. The van der Waals surface area contributed by atoms with Gasteiger partial charge in [0.05, 0.1) is 28.6 Å². The monoisotopic (exact) mass is 483 g/mol. The summed E-state index contributed by atoms with van der Waals surface area (Å²) in [4.78, 5) is 12.6. The lowest BCUT2D eigenvalue weighted by Crippen LogP contribution is -2.40. The second kappa shape index (κ2) is 9.55. The van der Waals surface area contributed by atoms with Crippen molar-refractivity contribution in [2.24, 2.45) is 0 Å². The van der Waals surface area contributed by atoms with Crippen LogP contribution < -0.4 is 10.0 Å². The average Bonchev–Trinajstić information content (AvgIpc) is 2.74. The second-order valence-corrected chi connectivity index (χ2v) is 11.1. The van der Waals surface area contributed by atoms with Crippen LogP contribution in [0.25, 0.3) is 0 Å².